The fourth-order valence-electron chi connectivity index (χ4n) is 3.49. The first-order valence-electron chi connectivity index (χ1n) is 8.54. The maximum Gasteiger partial charge on any atom is 0.148 e. The van der Waals surface area contributed by atoms with Crippen LogP contribution >= 0.6 is 0 Å². The predicted octanol–water partition coefficient (Wildman–Crippen LogP) is 4.19. The summed E-state index contributed by atoms with van der Waals surface area (Å²) in [6, 6.07) is 8.01. The van der Waals surface area contributed by atoms with Crippen LogP contribution in [0.3, 0.4) is 0 Å². The Morgan fingerprint density at radius 1 is 1.17 bits per heavy atom. The molecule has 2 aromatic rings. The Morgan fingerprint density at radius 2 is 1.87 bits per heavy atom. The van der Waals surface area contributed by atoms with Crippen molar-refractivity contribution in [3.8, 4) is 0 Å². The lowest BCUT2D eigenvalue weighted by molar-refractivity contribution is -0.0814. The molecule has 0 saturated carbocycles. The smallest absolute Gasteiger partial charge is 0.148 e. The number of aryl methyl sites for hydroxylation is 1. The summed E-state index contributed by atoms with van der Waals surface area (Å²) in [5.41, 5.74) is 3.00. The second-order valence-corrected chi connectivity index (χ2v) is 7.59. The summed E-state index contributed by atoms with van der Waals surface area (Å²) in [4.78, 5) is 9.38. The number of rotatable bonds is 3. The van der Waals surface area contributed by atoms with Gasteiger partial charge in [-0.2, -0.15) is 0 Å². The third-order valence-electron chi connectivity index (χ3n) is 4.57. The van der Waals surface area contributed by atoms with Gasteiger partial charge in [-0.25, -0.2) is 9.97 Å². The molecule has 1 fully saturated rings. The molecule has 1 aliphatic rings. The van der Waals surface area contributed by atoms with Crippen LogP contribution in [0.25, 0.3) is 11.0 Å². The highest BCUT2D eigenvalue weighted by Gasteiger charge is 2.35. The summed E-state index contributed by atoms with van der Waals surface area (Å²) in [5, 5.41) is 3.52. The Bertz CT molecular complexity index is 678. The number of fused-ring (bicyclic) bond motifs is 1. The van der Waals surface area contributed by atoms with E-state index in [9.17, 15) is 0 Å². The fraction of sp³-hybridized carbons (Fsp3) is 0.579. The molecule has 4 nitrogen and oxygen atoms in total. The molecule has 0 amide bonds. The second-order valence-electron chi connectivity index (χ2n) is 7.59. The molecule has 0 bridgehead atoms. The van der Waals surface area contributed by atoms with Crippen LogP contribution in [-0.4, -0.2) is 29.2 Å². The molecule has 0 aliphatic carbocycles. The Labute approximate surface area is 138 Å². The van der Waals surface area contributed by atoms with Gasteiger partial charge in [0.2, 0.25) is 0 Å². The summed E-state index contributed by atoms with van der Waals surface area (Å²) in [6.45, 7) is 10.6. The lowest BCUT2D eigenvalue weighted by atomic mass is 9.78. The SMILES string of the molecule is Cc1nc2ccccc2nc1NC[C@@H]1CCCO[C@@H]1C(C)(C)C. The van der Waals surface area contributed by atoms with Gasteiger partial charge < -0.3 is 10.1 Å². The molecule has 23 heavy (non-hydrogen) atoms. The average Bonchev–Trinajstić information content (AvgIpc) is 2.52. The van der Waals surface area contributed by atoms with E-state index in [0.29, 0.717) is 5.92 Å². The van der Waals surface area contributed by atoms with Gasteiger partial charge in [-0.3, -0.25) is 0 Å². The van der Waals surface area contributed by atoms with Crippen LogP contribution in [-0.2, 0) is 4.74 Å². The van der Waals surface area contributed by atoms with E-state index < -0.39 is 0 Å². The first kappa shape index (κ1) is 16.2. The lowest BCUT2D eigenvalue weighted by Gasteiger charge is -2.40. The van der Waals surface area contributed by atoms with E-state index in [0.717, 1.165) is 42.1 Å². The van der Waals surface area contributed by atoms with Crippen LogP contribution in [0.5, 0.6) is 0 Å². The molecule has 124 valence electrons. The zero-order valence-electron chi connectivity index (χ0n) is 14.6. The number of para-hydroxylation sites is 2. The summed E-state index contributed by atoms with van der Waals surface area (Å²) in [5.74, 6) is 1.40. The third-order valence-corrected chi connectivity index (χ3v) is 4.57. The van der Waals surface area contributed by atoms with Crippen LogP contribution in [0.2, 0.25) is 0 Å². The van der Waals surface area contributed by atoms with E-state index in [1.165, 1.54) is 6.42 Å². The minimum atomic E-state index is 0.164. The average molecular weight is 313 g/mol. The van der Waals surface area contributed by atoms with Gasteiger partial charge in [0, 0.05) is 19.1 Å². The Hall–Kier alpha value is -1.68. The predicted molar refractivity (Wildman–Crippen MR) is 94.7 cm³/mol. The molecule has 0 unspecified atom stereocenters. The highest BCUT2D eigenvalue weighted by molar-refractivity contribution is 5.76. The van der Waals surface area contributed by atoms with E-state index in [2.05, 4.69) is 31.1 Å². The van der Waals surface area contributed by atoms with Crippen molar-refractivity contribution in [3.05, 3.63) is 30.0 Å². The molecule has 1 aromatic heterocycles. The quantitative estimate of drug-likeness (QED) is 0.923. The maximum atomic E-state index is 6.07. The first-order valence-corrected chi connectivity index (χ1v) is 8.54. The van der Waals surface area contributed by atoms with Gasteiger partial charge in [-0.1, -0.05) is 32.9 Å². The molecule has 0 spiro atoms. The van der Waals surface area contributed by atoms with E-state index >= 15 is 0 Å². The van der Waals surface area contributed by atoms with Crippen molar-refractivity contribution >= 4 is 16.9 Å². The van der Waals surface area contributed by atoms with Crippen molar-refractivity contribution in [1.29, 1.82) is 0 Å². The highest BCUT2D eigenvalue weighted by atomic mass is 16.5. The number of ether oxygens (including phenoxy) is 1. The molecule has 1 aliphatic heterocycles. The summed E-state index contributed by atoms with van der Waals surface area (Å²) < 4.78 is 6.07. The molecule has 1 aromatic carbocycles. The Morgan fingerprint density at radius 3 is 2.57 bits per heavy atom. The van der Waals surface area contributed by atoms with E-state index in [4.69, 9.17) is 9.72 Å². The molecular formula is C19H27N3O. The molecule has 2 atom stereocenters. The molecule has 1 saturated heterocycles. The van der Waals surface area contributed by atoms with Crippen molar-refractivity contribution in [2.75, 3.05) is 18.5 Å². The van der Waals surface area contributed by atoms with E-state index in [1.807, 2.05) is 31.2 Å². The second kappa shape index (κ2) is 6.44. The maximum absolute atomic E-state index is 6.07. The monoisotopic (exact) mass is 313 g/mol. The topological polar surface area (TPSA) is 47.0 Å². The van der Waals surface area contributed by atoms with E-state index in [1.54, 1.807) is 0 Å². The molecular weight excluding hydrogens is 286 g/mol. The number of nitrogens with zero attached hydrogens (tertiary/aromatic N) is 2. The van der Waals surface area contributed by atoms with Gasteiger partial charge in [0.25, 0.3) is 0 Å². The first-order chi connectivity index (χ1) is 10.9. The molecule has 1 N–H and O–H groups in total. The van der Waals surface area contributed by atoms with Gasteiger partial charge >= 0.3 is 0 Å². The summed E-state index contributed by atoms with van der Waals surface area (Å²) in [7, 11) is 0. The Balaban J connectivity index is 1.75. The minimum Gasteiger partial charge on any atom is -0.377 e. The van der Waals surface area contributed by atoms with Crippen LogP contribution in [0.1, 0.15) is 39.3 Å². The number of hydrogen-bond donors (Lipinski definition) is 1. The molecule has 2 heterocycles. The fourth-order valence-corrected chi connectivity index (χ4v) is 3.49. The standard InChI is InChI=1S/C19H27N3O/c1-13-18(22-16-10-6-5-9-15(16)21-13)20-12-14-8-7-11-23-17(14)19(2,3)4/h5-6,9-10,14,17H,7-8,11-12H2,1-4H3,(H,20,22)/t14-,17-/m0/s1. The van der Waals surface area contributed by atoms with Crippen LogP contribution < -0.4 is 5.32 Å². The number of anilines is 1. The number of aromatic nitrogens is 2. The van der Waals surface area contributed by atoms with Crippen LogP contribution in [0, 0.1) is 18.3 Å². The molecule has 0 radical (unpaired) electrons. The van der Waals surface area contributed by atoms with Gasteiger partial charge in [0.15, 0.2) is 0 Å². The number of benzene rings is 1. The molecule has 3 rings (SSSR count). The van der Waals surface area contributed by atoms with Gasteiger partial charge in [0.1, 0.15) is 5.82 Å². The molecule has 4 heteroatoms. The number of nitrogens with one attached hydrogen (secondary N) is 1. The summed E-state index contributed by atoms with van der Waals surface area (Å²) >= 11 is 0. The number of hydrogen-bond acceptors (Lipinski definition) is 4. The van der Waals surface area contributed by atoms with Crippen LogP contribution in [0.4, 0.5) is 5.82 Å². The normalized spacial score (nSPS) is 22.3. The van der Waals surface area contributed by atoms with Crippen molar-refractivity contribution in [1.82, 2.24) is 9.97 Å². The van der Waals surface area contributed by atoms with Crippen molar-refractivity contribution in [3.63, 3.8) is 0 Å². The zero-order valence-corrected chi connectivity index (χ0v) is 14.6. The Kier molecular flexibility index (Phi) is 4.53. The third kappa shape index (κ3) is 3.63. The largest absolute Gasteiger partial charge is 0.377 e. The van der Waals surface area contributed by atoms with Gasteiger partial charge in [-0.15, -0.1) is 0 Å². The summed E-state index contributed by atoms with van der Waals surface area (Å²) in [6.07, 6.45) is 2.63. The highest BCUT2D eigenvalue weighted by Crippen LogP contribution is 2.34. The lowest BCUT2D eigenvalue weighted by Crippen LogP contribution is -2.42. The zero-order chi connectivity index (χ0) is 16.4. The van der Waals surface area contributed by atoms with Crippen molar-refractivity contribution < 1.29 is 4.74 Å². The van der Waals surface area contributed by atoms with Gasteiger partial charge in [-0.05, 0) is 37.3 Å². The van der Waals surface area contributed by atoms with Gasteiger partial charge in [0.05, 0.1) is 22.8 Å². The van der Waals surface area contributed by atoms with Crippen molar-refractivity contribution in [2.24, 2.45) is 11.3 Å². The van der Waals surface area contributed by atoms with E-state index in [-0.39, 0.29) is 11.5 Å². The minimum absolute atomic E-state index is 0.164. The van der Waals surface area contributed by atoms with Crippen molar-refractivity contribution in [2.45, 2.75) is 46.6 Å². The van der Waals surface area contributed by atoms with Crippen LogP contribution in [0.15, 0.2) is 24.3 Å².